The van der Waals surface area contributed by atoms with Gasteiger partial charge in [-0.05, 0) is 19.4 Å². The van der Waals surface area contributed by atoms with Crippen LogP contribution in [0.3, 0.4) is 0 Å². The zero-order valence-electron chi connectivity index (χ0n) is 5.56. The molecule has 0 spiro atoms. The van der Waals surface area contributed by atoms with Crippen LogP contribution in [-0.2, 0) is 4.79 Å². The van der Waals surface area contributed by atoms with Gasteiger partial charge in [0.2, 0.25) is 5.91 Å². The fourth-order valence-corrected chi connectivity index (χ4v) is 0.769. The molecule has 1 unspecified atom stereocenters. The summed E-state index contributed by atoms with van der Waals surface area (Å²) < 4.78 is 0. The van der Waals surface area contributed by atoms with Gasteiger partial charge in [0.25, 0.3) is 0 Å². The Hall–Kier alpha value is -0.990. The summed E-state index contributed by atoms with van der Waals surface area (Å²) in [5.74, 6) is 0.488. The topological polar surface area (TPSA) is 55.1 Å². The zero-order chi connectivity index (χ0) is 7.02. The second-order valence-corrected chi connectivity index (χ2v) is 2.31. The highest BCUT2D eigenvalue weighted by atomic mass is 16.2. The van der Waals surface area contributed by atoms with E-state index in [-0.39, 0.29) is 11.8 Å². The standard InChI is InChI=1S/C6H10N2O/c1-3-4(2)6(9)8-5(3)7/h4H,7H2,1-2H3,(H,8,9). The lowest BCUT2D eigenvalue weighted by atomic mass is 10.1. The van der Waals surface area contributed by atoms with Gasteiger partial charge in [0, 0.05) is 0 Å². The molecule has 1 atom stereocenters. The van der Waals surface area contributed by atoms with Crippen molar-refractivity contribution < 1.29 is 4.79 Å². The smallest absolute Gasteiger partial charge is 0.232 e. The number of nitrogens with two attached hydrogens (primary N) is 1. The van der Waals surface area contributed by atoms with Gasteiger partial charge < -0.3 is 11.1 Å². The lowest BCUT2D eigenvalue weighted by Gasteiger charge is -1.95. The molecule has 3 heteroatoms. The first kappa shape index (κ1) is 6.13. The van der Waals surface area contributed by atoms with Crippen LogP contribution in [0.1, 0.15) is 13.8 Å². The summed E-state index contributed by atoms with van der Waals surface area (Å²) in [7, 11) is 0. The van der Waals surface area contributed by atoms with Crippen LogP contribution in [0, 0.1) is 5.92 Å². The molecule has 1 heterocycles. The van der Waals surface area contributed by atoms with Crippen molar-refractivity contribution in [2.75, 3.05) is 0 Å². The Kier molecular flexibility index (Phi) is 1.20. The van der Waals surface area contributed by atoms with Crippen LogP contribution >= 0.6 is 0 Å². The highest BCUT2D eigenvalue weighted by molar-refractivity contribution is 5.86. The van der Waals surface area contributed by atoms with Crippen LogP contribution in [-0.4, -0.2) is 5.91 Å². The number of amides is 1. The zero-order valence-corrected chi connectivity index (χ0v) is 5.56. The predicted octanol–water partition coefficient (Wildman–Crippen LogP) is -0.0575. The average molecular weight is 126 g/mol. The Morgan fingerprint density at radius 2 is 2.22 bits per heavy atom. The van der Waals surface area contributed by atoms with Gasteiger partial charge in [-0.1, -0.05) is 0 Å². The lowest BCUT2D eigenvalue weighted by molar-refractivity contribution is -0.121. The molecule has 1 rings (SSSR count). The third-order valence-electron chi connectivity index (χ3n) is 1.73. The summed E-state index contributed by atoms with van der Waals surface area (Å²) in [6.07, 6.45) is 0. The SMILES string of the molecule is CC1=C(N)NC(=O)C1C. The van der Waals surface area contributed by atoms with E-state index in [2.05, 4.69) is 5.32 Å². The van der Waals surface area contributed by atoms with Crippen LogP contribution < -0.4 is 11.1 Å². The summed E-state index contributed by atoms with van der Waals surface area (Å²) >= 11 is 0. The number of nitrogens with one attached hydrogen (secondary N) is 1. The van der Waals surface area contributed by atoms with Gasteiger partial charge in [-0.2, -0.15) is 0 Å². The third-order valence-corrected chi connectivity index (χ3v) is 1.73. The van der Waals surface area contributed by atoms with Gasteiger partial charge in [0.15, 0.2) is 0 Å². The minimum Gasteiger partial charge on any atom is -0.385 e. The summed E-state index contributed by atoms with van der Waals surface area (Å²) in [6, 6.07) is 0. The molecule has 0 radical (unpaired) electrons. The maximum absolute atomic E-state index is 10.8. The van der Waals surface area contributed by atoms with E-state index in [1.165, 1.54) is 0 Å². The Labute approximate surface area is 53.9 Å². The Morgan fingerprint density at radius 1 is 1.67 bits per heavy atom. The summed E-state index contributed by atoms with van der Waals surface area (Å²) in [5, 5.41) is 2.53. The highest BCUT2D eigenvalue weighted by Crippen LogP contribution is 2.16. The number of rotatable bonds is 0. The third kappa shape index (κ3) is 0.781. The predicted molar refractivity (Wildman–Crippen MR) is 34.2 cm³/mol. The molecule has 0 bridgehead atoms. The van der Waals surface area contributed by atoms with E-state index in [1.54, 1.807) is 0 Å². The van der Waals surface area contributed by atoms with Gasteiger partial charge in [-0.25, -0.2) is 0 Å². The maximum Gasteiger partial charge on any atom is 0.232 e. The minimum atomic E-state index is -0.0370. The van der Waals surface area contributed by atoms with E-state index < -0.39 is 0 Å². The number of hydrogen-bond acceptors (Lipinski definition) is 2. The molecule has 1 aliphatic heterocycles. The van der Waals surface area contributed by atoms with E-state index in [0.717, 1.165) is 5.57 Å². The van der Waals surface area contributed by atoms with Gasteiger partial charge in [0.05, 0.1) is 5.92 Å². The van der Waals surface area contributed by atoms with Crippen molar-refractivity contribution in [1.29, 1.82) is 0 Å². The molecule has 0 aliphatic carbocycles. The first-order chi connectivity index (χ1) is 4.13. The summed E-state index contributed by atoms with van der Waals surface area (Å²) in [4.78, 5) is 10.8. The molecule has 0 aromatic carbocycles. The van der Waals surface area contributed by atoms with E-state index in [9.17, 15) is 4.79 Å². The maximum atomic E-state index is 10.8. The second-order valence-electron chi connectivity index (χ2n) is 2.31. The monoisotopic (exact) mass is 126 g/mol. The molecule has 9 heavy (non-hydrogen) atoms. The molecule has 3 nitrogen and oxygen atoms in total. The fraction of sp³-hybridized carbons (Fsp3) is 0.500. The van der Waals surface area contributed by atoms with Crippen molar-refractivity contribution in [3.05, 3.63) is 11.4 Å². The van der Waals surface area contributed by atoms with E-state index in [1.807, 2.05) is 13.8 Å². The first-order valence-corrected chi connectivity index (χ1v) is 2.90. The van der Waals surface area contributed by atoms with Gasteiger partial charge in [-0.3, -0.25) is 4.79 Å². The fourth-order valence-electron chi connectivity index (χ4n) is 0.769. The molecule has 1 aliphatic rings. The van der Waals surface area contributed by atoms with E-state index >= 15 is 0 Å². The van der Waals surface area contributed by atoms with Crippen molar-refractivity contribution in [3.63, 3.8) is 0 Å². The van der Waals surface area contributed by atoms with Gasteiger partial charge in [0.1, 0.15) is 5.82 Å². The molecule has 50 valence electrons. The number of hydrogen-bond donors (Lipinski definition) is 2. The number of carbonyl (C=O) groups is 1. The van der Waals surface area contributed by atoms with E-state index in [0.29, 0.717) is 5.82 Å². The summed E-state index contributed by atoms with van der Waals surface area (Å²) in [6.45, 7) is 3.70. The van der Waals surface area contributed by atoms with Crippen molar-refractivity contribution >= 4 is 5.91 Å². The molecule has 0 saturated carbocycles. The molecule has 0 aromatic rings. The summed E-state index contributed by atoms with van der Waals surface area (Å²) in [5.41, 5.74) is 6.35. The van der Waals surface area contributed by atoms with Crippen LogP contribution in [0.2, 0.25) is 0 Å². The Balaban J connectivity index is 2.87. The molecule has 0 fully saturated rings. The molecular formula is C6H10N2O. The first-order valence-electron chi connectivity index (χ1n) is 2.90. The molecule has 3 N–H and O–H groups in total. The Morgan fingerprint density at radius 3 is 2.33 bits per heavy atom. The van der Waals surface area contributed by atoms with Crippen LogP contribution in [0.25, 0.3) is 0 Å². The van der Waals surface area contributed by atoms with Crippen LogP contribution in [0.5, 0.6) is 0 Å². The quantitative estimate of drug-likeness (QED) is 0.478. The normalized spacial score (nSPS) is 26.9. The van der Waals surface area contributed by atoms with Gasteiger partial charge in [-0.15, -0.1) is 0 Å². The average Bonchev–Trinajstić information content (AvgIpc) is 1.98. The lowest BCUT2D eigenvalue weighted by Crippen LogP contribution is -2.22. The highest BCUT2D eigenvalue weighted by Gasteiger charge is 2.23. The van der Waals surface area contributed by atoms with Crippen LogP contribution in [0.4, 0.5) is 0 Å². The van der Waals surface area contributed by atoms with Gasteiger partial charge >= 0.3 is 0 Å². The number of carbonyl (C=O) groups excluding carboxylic acids is 1. The van der Waals surface area contributed by atoms with Crippen molar-refractivity contribution in [2.45, 2.75) is 13.8 Å². The molecule has 1 amide bonds. The van der Waals surface area contributed by atoms with E-state index in [4.69, 9.17) is 5.73 Å². The van der Waals surface area contributed by atoms with Crippen molar-refractivity contribution in [2.24, 2.45) is 11.7 Å². The minimum absolute atomic E-state index is 0.00463. The second kappa shape index (κ2) is 1.76. The Bertz CT molecular complexity index is 183. The van der Waals surface area contributed by atoms with Crippen LogP contribution in [0.15, 0.2) is 11.4 Å². The molecule has 0 saturated heterocycles. The van der Waals surface area contributed by atoms with Crippen molar-refractivity contribution in [1.82, 2.24) is 5.32 Å². The molecule has 0 aromatic heterocycles. The molecular weight excluding hydrogens is 116 g/mol. The largest absolute Gasteiger partial charge is 0.385 e. The van der Waals surface area contributed by atoms with Crippen molar-refractivity contribution in [3.8, 4) is 0 Å².